The maximum atomic E-state index is 13.2. The van der Waals surface area contributed by atoms with Gasteiger partial charge in [0.25, 0.3) is 0 Å². The number of carbonyl (C=O) groups excluding carboxylic acids is 1. The molecule has 1 saturated heterocycles. The Morgan fingerprint density at radius 2 is 1.62 bits per heavy atom. The van der Waals surface area contributed by atoms with Crippen molar-refractivity contribution in [3.63, 3.8) is 0 Å². The SMILES string of the molecule is Cc1cc(C)c(S(=O)(=O)N2CCC(C(=O)Nc3c(C)nn(C)c3C)CC2)c(C)c1. The van der Waals surface area contributed by atoms with Gasteiger partial charge in [-0.05, 0) is 58.6 Å². The summed E-state index contributed by atoms with van der Waals surface area (Å²) < 4.78 is 29.7. The number of nitrogens with zero attached hydrogens (tertiary/aromatic N) is 3. The van der Waals surface area contributed by atoms with Crippen molar-refractivity contribution < 1.29 is 13.2 Å². The summed E-state index contributed by atoms with van der Waals surface area (Å²) in [6.07, 6.45) is 1.01. The van der Waals surface area contributed by atoms with Gasteiger partial charge in [-0.1, -0.05) is 17.7 Å². The molecule has 0 saturated carbocycles. The summed E-state index contributed by atoms with van der Waals surface area (Å²) in [5, 5.41) is 7.31. The number of hydrogen-bond donors (Lipinski definition) is 1. The lowest BCUT2D eigenvalue weighted by Crippen LogP contribution is -2.41. The molecule has 2 heterocycles. The fourth-order valence-electron chi connectivity index (χ4n) is 4.24. The van der Waals surface area contributed by atoms with Crippen molar-refractivity contribution in [1.82, 2.24) is 14.1 Å². The zero-order valence-electron chi connectivity index (χ0n) is 18.0. The summed E-state index contributed by atoms with van der Waals surface area (Å²) in [6.45, 7) is 10.1. The second-order valence-corrected chi connectivity index (χ2v) is 9.94. The summed E-state index contributed by atoms with van der Waals surface area (Å²) in [7, 11) is -1.73. The van der Waals surface area contributed by atoms with Crippen LogP contribution < -0.4 is 5.32 Å². The Bertz CT molecular complexity index is 1030. The van der Waals surface area contributed by atoms with Gasteiger partial charge < -0.3 is 5.32 Å². The Balaban J connectivity index is 1.71. The predicted molar refractivity (Wildman–Crippen MR) is 113 cm³/mol. The molecule has 3 rings (SSSR count). The molecule has 1 aliphatic rings. The summed E-state index contributed by atoms with van der Waals surface area (Å²) in [5.74, 6) is -0.274. The fraction of sp³-hybridized carbons (Fsp3) is 0.524. The Morgan fingerprint density at radius 3 is 2.10 bits per heavy atom. The maximum Gasteiger partial charge on any atom is 0.243 e. The lowest BCUT2D eigenvalue weighted by Gasteiger charge is -2.31. The Kier molecular flexibility index (Phi) is 5.87. The average molecular weight is 419 g/mol. The molecule has 8 heteroatoms. The van der Waals surface area contributed by atoms with E-state index in [4.69, 9.17) is 0 Å². The van der Waals surface area contributed by atoms with E-state index in [1.54, 1.807) is 4.68 Å². The molecule has 1 aromatic carbocycles. The Labute approximate surface area is 173 Å². The highest BCUT2D eigenvalue weighted by Gasteiger charge is 2.34. The Morgan fingerprint density at radius 1 is 1.07 bits per heavy atom. The molecule has 0 atom stereocenters. The van der Waals surface area contributed by atoms with Crippen molar-refractivity contribution >= 4 is 21.6 Å². The fourth-order valence-corrected chi connectivity index (χ4v) is 6.12. The second-order valence-electron chi connectivity index (χ2n) is 8.06. The first-order valence-corrected chi connectivity index (χ1v) is 11.4. The number of carbonyl (C=O) groups is 1. The molecule has 1 amide bonds. The van der Waals surface area contributed by atoms with Crippen LogP contribution in [-0.4, -0.2) is 41.5 Å². The number of piperidine rings is 1. The van der Waals surface area contributed by atoms with Crippen LogP contribution in [-0.2, 0) is 21.9 Å². The third-order valence-corrected chi connectivity index (χ3v) is 7.99. The van der Waals surface area contributed by atoms with Crippen molar-refractivity contribution in [2.24, 2.45) is 13.0 Å². The van der Waals surface area contributed by atoms with Crippen LogP contribution >= 0.6 is 0 Å². The van der Waals surface area contributed by atoms with Gasteiger partial charge in [0.1, 0.15) is 0 Å². The van der Waals surface area contributed by atoms with E-state index in [-0.39, 0.29) is 11.8 Å². The van der Waals surface area contributed by atoms with Gasteiger partial charge in [0.05, 0.1) is 22.0 Å². The zero-order chi connectivity index (χ0) is 21.5. The molecule has 1 N–H and O–H groups in total. The number of sulfonamides is 1. The predicted octanol–water partition coefficient (Wildman–Crippen LogP) is 3.00. The van der Waals surface area contributed by atoms with Crippen molar-refractivity contribution in [3.8, 4) is 0 Å². The molecule has 2 aromatic rings. The van der Waals surface area contributed by atoms with E-state index in [9.17, 15) is 13.2 Å². The van der Waals surface area contributed by atoms with Crippen molar-refractivity contribution in [2.75, 3.05) is 18.4 Å². The van der Waals surface area contributed by atoms with Crippen LogP contribution in [0.25, 0.3) is 0 Å². The lowest BCUT2D eigenvalue weighted by atomic mass is 9.97. The van der Waals surface area contributed by atoms with Crippen LogP contribution in [0.1, 0.15) is 40.9 Å². The van der Waals surface area contributed by atoms with Crippen LogP contribution in [0.15, 0.2) is 17.0 Å². The van der Waals surface area contributed by atoms with Crippen LogP contribution in [0.2, 0.25) is 0 Å². The van der Waals surface area contributed by atoms with Gasteiger partial charge in [-0.15, -0.1) is 0 Å². The van der Waals surface area contributed by atoms with E-state index >= 15 is 0 Å². The van der Waals surface area contributed by atoms with E-state index in [0.29, 0.717) is 30.8 Å². The summed E-state index contributed by atoms with van der Waals surface area (Å²) in [5.41, 5.74) is 5.02. The average Bonchev–Trinajstić information content (AvgIpc) is 2.86. The minimum atomic E-state index is -3.57. The van der Waals surface area contributed by atoms with Gasteiger partial charge in [0, 0.05) is 26.1 Å². The minimum Gasteiger partial charge on any atom is -0.323 e. The number of aromatic nitrogens is 2. The molecular formula is C21H30N4O3S. The summed E-state index contributed by atoms with van der Waals surface area (Å²) in [6, 6.07) is 3.80. The number of aryl methyl sites for hydroxylation is 5. The van der Waals surface area contributed by atoms with Gasteiger partial charge >= 0.3 is 0 Å². The number of rotatable bonds is 4. The number of nitrogens with one attached hydrogen (secondary N) is 1. The third-order valence-electron chi connectivity index (χ3n) is 5.78. The van der Waals surface area contributed by atoms with Crippen molar-refractivity contribution in [3.05, 3.63) is 40.2 Å². The highest BCUT2D eigenvalue weighted by molar-refractivity contribution is 7.89. The topological polar surface area (TPSA) is 84.3 Å². The zero-order valence-corrected chi connectivity index (χ0v) is 18.9. The van der Waals surface area contributed by atoms with E-state index < -0.39 is 10.0 Å². The molecular weight excluding hydrogens is 388 g/mol. The first-order chi connectivity index (χ1) is 13.5. The van der Waals surface area contributed by atoms with E-state index in [0.717, 1.165) is 33.8 Å². The van der Waals surface area contributed by atoms with Crippen molar-refractivity contribution in [2.45, 2.75) is 52.4 Å². The summed E-state index contributed by atoms with van der Waals surface area (Å²) >= 11 is 0. The minimum absolute atomic E-state index is 0.0658. The largest absolute Gasteiger partial charge is 0.323 e. The first kappa shape index (κ1) is 21.5. The van der Waals surface area contributed by atoms with Gasteiger partial charge in [-0.25, -0.2) is 8.42 Å². The second kappa shape index (κ2) is 7.91. The van der Waals surface area contributed by atoms with E-state index in [1.807, 2.05) is 53.8 Å². The number of hydrogen-bond acceptors (Lipinski definition) is 4. The smallest absolute Gasteiger partial charge is 0.243 e. The molecule has 7 nitrogen and oxygen atoms in total. The third kappa shape index (κ3) is 4.09. The molecule has 0 aliphatic carbocycles. The van der Waals surface area contributed by atoms with Crippen LogP contribution in [0.3, 0.4) is 0 Å². The molecule has 0 radical (unpaired) electrons. The van der Waals surface area contributed by atoms with Gasteiger partial charge in [0.2, 0.25) is 15.9 Å². The summed E-state index contributed by atoms with van der Waals surface area (Å²) in [4.78, 5) is 13.1. The van der Waals surface area contributed by atoms with Gasteiger partial charge in [-0.2, -0.15) is 9.40 Å². The molecule has 1 aliphatic heterocycles. The Hall–Kier alpha value is -2.19. The van der Waals surface area contributed by atoms with Gasteiger partial charge in [-0.3, -0.25) is 9.48 Å². The molecule has 0 bridgehead atoms. The normalized spacial score (nSPS) is 16.2. The van der Waals surface area contributed by atoms with Crippen molar-refractivity contribution in [1.29, 1.82) is 0 Å². The van der Waals surface area contributed by atoms with Crippen LogP contribution in [0.4, 0.5) is 5.69 Å². The maximum absolute atomic E-state index is 13.2. The van der Waals surface area contributed by atoms with Gasteiger partial charge in [0.15, 0.2) is 0 Å². The first-order valence-electron chi connectivity index (χ1n) is 9.91. The molecule has 1 aromatic heterocycles. The molecule has 29 heavy (non-hydrogen) atoms. The quantitative estimate of drug-likeness (QED) is 0.827. The molecule has 158 valence electrons. The van der Waals surface area contributed by atoms with Crippen LogP contribution in [0, 0.1) is 40.5 Å². The molecule has 1 fully saturated rings. The standard InChI is InChI=1S/C21H30N4O3S/c1-13-11-14(2)20(15(3)12-13)29(27,28)25-9-7-18(8-10-25)21(26)22-19-16(4)23-24(6)17(19)5/h11-12,18H,7-10H2,1-6H3,(H,22,26). The highest BCUT2D eigenvalue weighted by atomic mass is 32.2. The van der Waals surface area contributed by atoms with Crippen LogP contribution in [0.5, 0.6) is 0 Å². The monoisotopic (exact) mass is 418 g/mol. The van der Waals surface area contributed by atoms with E-state index in [2.05, 4.69) is 10.4 Å². The number of benzene rings is 1. The number of amides is 1. The van der Waals surface area contributed by atoms with E-state index in [1.165, 1.54) is 4.31 Å². The lowest BCUT2D eigenvalue weighted by molar-refractivity contribution is -0.120. The highest BCUT2D eigenvalue weighted by Crippen LogP contribution is 2.29. The molecule has 0 unspecified atom stereocenters. The molecule has 0 spiro atoms. The number of anilines is 1.